The molecule has 1 aromatic rings. The van der Waals surface area contributed by atoms with E-state index in [-0.39, 0.29) is 35.4 Å². The topological polar surface area (TPSA) is 66.9 Å². The predicted octanol–water partition coefficient (Wildman–Crippen LogP) is 1.31. The average molecular weight is 378 g/mol. The number of methoxy groups -OCH3 is 1. The monoisotopic (exact) mass is 378 g/mol. The summed E-state index contributed by atoms with van der Waals surface area (Å²) in [5, 5.41) is 0. The molecular formula is C19H26N2O4S. The normalized spacial score (nSPS) is 28.4. The summed E-state index contributed by atoms with van der Waals surface area (Å²) >= 11 is 0. The van der Waals surface area contributed by atoms with Gasteiger partial charge in [0.25, 0.3) is 0 Å². The molecule has 26 heavy (non-hydrogen) atoms. The van der Waals surface area contributed by atoms with E-state index < -0.39 is 9.84 Å². The molecule has 0 N–H and O–H groups in total. The van der Waals surface area contributed by atoms with Crippen LogP contribution >= 0.6 is 0 Å². The van der Waals surface area contributed by atoms with Gasteiger partial charge in [0.15, 0.2) is 9.84 Å². The maximum Gasteiger partial charge on any atom is 0.226 e. The summed E-state index contributed by atoms with van der Waals surface area (Å²) in [6.07, 6.45) is 3.01. The molecule has 1 amide bonds. The summed E-state index contributed by atoms with van der Waals surface area (Å²) < 4.78 is 30.0. The maximum absolute atomic E-state index is 12.8. The van der Waals surface area contributed by atoms with Gasteiger partial charge in [-0.15, -0.1) is 0 Å². The van der Waals surface area contributed by atoms with Crippen LogP contribution in [0.25, 0.3) is 0 Å². The van der Waals surface area contributed by atoms with Crippen LogP contribution < -0.4 is 4.74 Å². The Labute approximate surface area is 155 Å². The first-order valence-electron chi connectivity index (χ1n) is 9.35. The van der Waals surface area contributed by atoms with E-state index in [4.69, 9.17) is 4.74 Å². The standard InChI is InChI=1S/C19H26N2O4S/c1-25-16-7-2-4-14(10-16)11-20-8-9-21(19(22)15-5-3-6-15)18-13-26(23,24)12-17(18)20/h2,4,7,10,15,17-18H,3,5-6,8-9,11-13H2,1H3. The summed E-state index contributed by atoms with van der Waals surface area (Å²) in [5.74, 6) is 1.34. The molecule has 2 saturated heterocycles. The molecule has 1 aliphatic carbocycles. The van der Waals surface area contributed by atoms with E-state index in [1.807, 2.05) is 29.2 Å². The first kappa shape index (κ1) is 17.8. The van der Waals surface area contributed by atoms with Gasteiger partial charge in [0, 0.05) is 31.6 Å². The second-order valence-corrected chi connectivity index (χ2v) is 9.85. The fraction of sp³-hybridized carbons (Fsp3) is 0.632. The van der Waals surface area contributed by atoms with Gasteiger partial charge in [-0.1, -0.05) is 18.6 Å². The number of carbonyl (C=O) groups is 1. The lowest BCUT2D eigenvalue weighted by Crippen LogP contribution is -2.61. The van der Waals surface area contributed by atoms with E-state index in [1.54, 1.807) is 7.11 Å². The lowest BCUT2D eigenvalue weighted by molar-refractivity contribution is -0.144. The van der Waals surface area contributed by atoms with E-state index in [2.05, 4.69) is 4.90 Å². The van der Waals surface area contributed by atoms with Gasteiger partial charge < -0.3 is 9.64 Å². The molecule has 7 heteroatoms. The first-order valence-corrected chi connectivity index (χ1v) is 11.2. The number of carbonyl (C=O) groups excluding carboxylic acids is 1. The van der Waals surface area contributed by atoms with Crippen molar-refractivity contribution < 1.29 is 17.9 Å². The van der Waals surface area contributed by atoms with E-state index in [1.165, 1.54) is 0 Å². The Morgan fingerprint density at radius 1 is 1.19 bits per heavy atom. The quantitative estimate of drug-likeness (QED) is 0.790. The lowest BCUT2D eigenvalue weighted by Gasteiger charge is -2.45. The molecule has 4 rings (SSSR count). The molecule has 2 atom stereocenters. The van der Waals surface area contributed by atoms with E-state index in [0.29, 0.717) is 19.6 Å². The minimum Gasteiger partial charge on any atom is -0.497 e. The zero-order chi connectivity index (χ0) is 18.3. The van der Waals surface area contributed by atoms with Crippen molar-refractivity contribution in [3.05, 3.63) is 29.8 Å². The van der Waals surface area contributed by atoms with Crippen LogP contribution in [-0.2, 0) is 21.2 Å². The zero-order valence-electron chi connectivity index (χ0n) is 15.1. The Morgan fingerprint density at radius 2 is 1.96 bits per heavy atom. The van der Waals surface area contributed by atoms with Crippen molar-refractivity contribution in [2.24, 2.45) is 5.92 Å². The van der Waals surface area contributed by atoms with Crippen molar-refractivity contribution in [3.8, 4) is 5.75 Å². The van der Waals surface area contributed by atoms with Crippen LogP contribution in [-0.4, -0.2) is 67.9 Å². The minimum absolute atomic E-state index is 0.102. The third-order valence-corrected chi connectivity index (χ3v) is 7.75. The van der Waals surface area contributed by atoms with Crippen molar-refractivity contribution in [3.63, 3.8) is 0 Å². The van der Waals surface area contributed by atoms with Gasteiger partial charge in [0.1, 0.15) is 5.75 Å². The highest BCUT2D eigenvalue weighted by molar-refractivity contribution is 7.91. The summed E-state index contributed by atoms with van der Waals surface area (Å²) in [4.78, 5) is 16.9. The molecule has 2 heterocycles. The van der Waals surface area contributed by atoms with Crippen molar-refractivity contribution in [1.82, 2.24) is 9.80 Å². The number of fused-ring (bicyclic) bond motifs is 1. The van der Waals surface area contributed by atoms with Crippen LogP contribution in [0.3, 0.4) is 0 Å². The SMILES string of the molecule is COc1cccc(CN2CCN(C(=O)C3CCC3)C3CS(=O)(=O)CC32)c1. The van der Waals surface area contributed by atoms with Crippen molar-refractivity contribution >= 4 is 15.7 Å². The Hall–Kier alpha value is -1.60. The number of hydrogen-bond donors (Lipinski definition) is 0. The third-order valence-electron chi connectivity index (χ3n) is 6.05. The van der Waals surface area contributed by atoms with Gasteiger partial charge in [-0.05, 0) is 30.5 Å². The molecule has 0 spiro atoms. The third kappa shape index (κ3) is 3.34. The Kier molecular flexibility index (Phi) is 4.69. The molecule has 2 unspecified atom stereocenters. The minimum atomic E-state index is -3.11. The average Bonchev–Trinajstić information content (AvgIpc) is 2.89. The molecule has 3 fully saturated rings. The van der Waals surface area contributed by atoms with E-state index in [9.17, 15) is 13.2 Å². The smallest absolute Gasteiger partial charge is 0.226 e. The van der Waals surface area contributed by atoms with Crippen molar-refractivity contribution in [1.29, 1.82) is 0 Å². The molecular weight excluding hydrogens is 352 g/mol. The fourth-order valence-electron chi connectivity index (χ4n) is 4.39. The van der Waals surface area contributed by atoms with Crippen molar-refractivity contribution in [2.75, 3.05) is 31.7 Å². The molecule has 0 aromatic heterocycles. The van der Waals surface area contributed by atoms with Crippen LogP contribution in [0.2, 0.25) is 0 Å². The van der Waals surface area contributed by atoms with Crippen LogP contribution in [0.1, 0.15) is 24.8 Å². The summed E-state index contributed by atoms with van der Waals surface area (Å²) in [6, 6.07) is 7.57. The fourth-order valence-corrected chi connectivity index (χ4v) is 6.40. The highest BCUT2D eigenvalue weighted by Gasteiger charge is 2.49. The van der Waals surface area contributed by atoms with E-state index >= 15 is 0 Å². The first-order chi connectivity index (χ1) is 12.5. The molecule has 6 nitrogen and oxygen atoms in total. The van der Waals surface area contributed by atoms with Crippen LogP contribution in [0.15, 0.2) is 24.3 Å². The van der Waals surface area contributed by atoms with Gasteiger partial charge >= 0.3 is 0 Å². The Bertz CT molecular complexity index is 790. The number of sulfone groups is 1. The van der Waals surface area contributed by atoms with Gasteiger partial charge in [-0.25, -0.2) is 8.42 Å². The van der Waals surface area contributed by atoms with Gasteiger partial charge in [0.05, 0.1) is 24.7 Å². The Balaban J connectivity index is 1.54. The summed E-state index contributed by atoms with van der Waals surface area (Å²) in [7, 11) is -1.47. The number of nitrogens with zero attached hydrogens (tertiary/aromatic N) is 2. The van der Waals surface area contributed by atoms with E-state index in [0.717, 1.165) is 30.6 Å². The summed E-state index contributed by atoms with van der Waals surface area (Å²) in [5.41, 5.74) is 1.10. The molecule has 1 aromatic carbocycles. The second kappa shape index (κ2) is 6.85. The van der Waals surface area contributed by atoms with Gasteiger partial charge in [-0.3, -0.25) is 9.69 Å². The largest absolute Gasteiger partial charge is 0.497 e. The number of amides is 1. The number of benzene rings is 1. The van der Waals surface area contributed by atoms with Gasteiger partial charge in [0.2, 0.25) is 5.91 Å². The molecule has 3 aliphatic rings. The number of hydrogen-bond acceptors (Lipinski definition) is 5. The second-order valence-electron chi connectivity index (χ2n) is 7.69. The number of rotatable bonds is 4. The predicted molar refractivity (Wildman–Crippen MR) is 98.7 cm³/mol. The lowest BCUT2D eigenvalue weighted by atomic mass is 9.83. The summed E-state index contributed by atoms with van der Waals surface area (Å²) in [6.45, 7) is 2.02. The molecule has 0 bridgehead atoms. The highest BCUT2D eigenvalue weighted by atomic mass is 32.2. The van der Waals surface area contributed by atoms with Crippen LogP contribution in [0, 0.1) is 5.92 Å². The molecule has 142 valence electrons. The van der Waals surface area contributed by atoms with Crippen LogP contribution in [0.4, 0.5) is 0 Å². The zero-order valence-corrected chi connectivity index (χ0v) is 16.0. The highest BCUT2D eigenvalue weighted by Crippen LogP contribution is 2.34. The number of ether oxygens (including phenoxy) is 1. The van der Waals surface area contributed by atoms with Crippen molar-refractivity contribution in [2.45, 2.75) is 37.9 Å². The maximum atomic E-state index is 12.8. The Morgan fingerprint density at radius 3 is 2.65 bits per heavy atom. The molecule has 1 saturated carbocycles. The molecule has 2 aliphatic heterocycles. The van der Waals surface area contributed by atoms with Gasteiger partial charge in [-0.2, -0.15) is 0 Å². The number of piperazine rings is 1. The molecule has 0 radical (unpaired) electrons. The van der Waals surface area contributed by atoms with Crippen LogP contribution in [0.5, 0.6) is 5.75 Å².